The highest BCUT2D eigenvalue weighted by molar-refractivity contribution is 6.30. The molecule has 2 aromatic rings. The van der Waals surface area contributed by atoms with Gasteiger partial charge in [0.1, 0.15) is 5.50 Å². The van der Waals surface area contributed by atoms with Gasteiger partial charge in [0.25, 0.3) is 0 Å². The minimum atomic E-state index is -0.668. The van der Waals surface area contributed by atoms with Crippen LogP contribution in [0.25, 0.3) is 0 Å². The van der Waals surface area contributed by atoms with E-state index in [9.17, 15) is 5.11 Å². The molecule has 0 radical (unpaired) electrons. The minimum Gasteiger partial charge on any atom is -0.390 e. The van der Waals surface area contributed by atoms with Crippen LogP contribution in [-0.4, -0.2) is 53.2 Å². The summed E-state index contributed by atoms with van der Waals surface area (Å²) in [5.41, 5.74) is 1.14. The largest absolute Gasteiger partial charge is 0.390 e. The zero-order chi connectivity index (χ0) is 18.9. The standard InChI is InChI=1S/C20H23Cl3N2O/c1-14(26)19(23)25-12-11-24(2)13-20(25,15-3-7-17(21)8-4-15)16-5-9-18(22)10-6-16/h3-10,14,19,26H,11-13H2,1-2H3. The molecule has 1 N–H and O–H groups in total. The second-order valence-electron chi connectivity index (χ2n) is 6.92. The highest BCUT2D eigenvalue weighted by Gasteiger charge is 2.47. The molecule has 26 heavy (non-hydrogen) atoms. The van der Waals surface area contributed by atoms with Crippen molar-refractivity contribution < 1.29 is 5.11 Å². The van der Waals surface area contributed by atoms with Crippen molar-refractivity contribution in [3.05, 3.63) is 69.7 Å². The maximum atomic E-state index is 10.2. The summed E-state index contributed by atoms with van der Waals surface area (Å²) in [5, 5.41) is 11.6. The zero-order valence-corrected chi connectivity index (χ0v) is 17.1. The lowest BCUT2D eigenvalue weighted by Crippen LogP contribution is -2.63. The number of likely N-dealkylation sites (N-methyl/N-ethyl adjacent to an activating group) is 1. The van der Waals surface area contributed by atoms with Crippen LogP contribution in [0.2, 0.25) is 10.0 Å². The summed E-state index contributed by atoms with van der Waals surface area (Å²) in [4.78, 5) is 4.47. The Hall–Kier alpha value is -0.810. The van der Waals surface area contributed by atoms with E-state index >= 15 is 0 Å². The van der Waals surface area contributed by atoms with Gasteiger partial charge in [0, 0.05) is 29.7 Å². The van der Waals surface area contributed by atoms with Gasteiger partial charge in [0.05, 0.1) is 11.6 Å². The third-order valence-corrected chi connectivity index (χ3v) is 6.16. The molecule has 0 amide bonds. The van der Waals surface area contributed by atoms with Crippen LogP contribution in [-0.2, 0) is 5.54 Å². The van der Waals surface area contributed by atoms with Crippen molar-refractivity contribution in [1.29, 1.82) is 0 Å². The number of hydrogen-bond acceptors (Lipinski definition) is 3. The number of aliphatic hydroxyl groups is 1. The molecule has 0 bridgehead atoms. The summed E-state index contributed by atoms with van der Waals surface area (Å²) >= 11 is 19.0. The summed E-state index contributed by atoms with van der Waals surface area (Å²) in [5.74, 6) is 0. The Balaban J connectivity index is 2.22. The molecule has 140 valence electrons. The lowest BCUT2D eigenvalue weighted by molar-refractivity contribution is -0.0144. The van der Waals surface area contributed by atoms with Gasteiger partial charge in [0.15, 0.2) is 0 Å². The molecule has 6 heteroatoms. The van der Waals surface area contributed by atoms with Crippen molar-refractivity contribution >= 4 is 34.8 Å². The Bertz CT molecular complexity index is 688. The molecule has 0 aromatic heterocycles. The molecule has 3 nitrogen and oxygen atoms in total. The van der Waals surface area contributed by atoms with Crippen LogP contribution in [0.5, 0.6) is 0 Å². The van der Waals surface area contributed by atoms with Gasteiger partial charge < -0.3 is 10.0 Å². The molecule has 2 aromatic carbocycles. The van der Waals surface area contributed by atoms with Crippen LogP contribution in [0.4, 0.5) is 0 Å². The molecule has 0 saturated carbocycles. The van der Waals surface area contributed by atoms with Crippen LogP contribution in [0.1, 0.15) is 18.1 Å². The van der Waals surface area contributed by atoms with E-state index < -0.39 is 17.1 Å². The van der Waals surface area contributed by atoms with Crippen molar-refractivity contribution in [3.8, 4) is 0 Å². The molecule has 2 atom stereocenters. The van der Waals surface area contributed by atoms with Gasteiger partial charge in [-0.15, -0.1) is 11.6 Å². The monoisotopic (exact) mass is 412 g/mol. The Morgan fingerprint density at radius 3 is 1.81 bits per heavy atom. The summed E-state index contributed by atoms with van der Waals surface area (Å²) < 4.78 is 0. The maximum Gasteiger partial charge on any atom is 0.112 e. The van der Waals surface area contributed by atoms with Gasteiger partial charge in [0.2, 0.25) is 0 Å². The number of benzene rings is 2. The zero-order valence-electron chi connectivity index (χ0n) is 14.9. The predicted octanol–water partition coefficient (Wildman–Crippen LogP) is 4.43. The van der Waals surface area contributed by atoms with Gasteiger partial charge in [-0.3, -0.25) is 4.90 Å². The fourth-order valence-corrected chi connectivity index (χ4v) is 4.27. The summed E-state index contributed by atoms with van der Waals surface area (Å²) in [6, 6.07) is 15.7. The van der Waals surface area contributed by atoms with Crippen molar-refractivity contribution in [2.24, 2.45) is 0 Å². The SMILES string of the molecule is CC(O)C(Cl)N1CCN(C)CC1(c1ccc(Cl)cc1)c1ccc(Cl)cc1. The molecule has 3 rings (SSSR count). The van der Waals surface area contributed by atoms with E-state index in [1.165, 1.54) is 0 Å². The molecule has 0 aliphatic carbocycles. The molecule has 2 unspecified atom stereocenters. The highest BCUT2D eigenvalue weighted by atomic mass is 35.5. The molecule has 1 aliphatic rings. The van der Waals surface area contributed by atoms with E-state index in [1.54, 1.807) is 6.92 Å². The molecular formula is C20H23Cl3N2O. The Labute approximate surface area is 170 Å². The average Bonchev–Trinajstić information content (AvgIpc) is 2.62. The first kappa shape index (κ1) is 19.9. The first-order valence-electron chi connectivity index (χ1n) is 8.64. The Morgan fingerprint density at radius 1 is 0.923 bits per heavy atom. The first-order valence-corrected chi connectivity index (χ1v) is 9.83. The number of hydrogen-bond donors (Lipinski definition) is 1. The topological polar surface area (TPSA) is 26.7 Å². The summed E-state index contributed by atoms with van der Waals surface area (Å²) in [6.45, 7) is 4.08. The van der Waals surface area contributed by atoms with E-state index in [0.717, 1.165) is 30.8 Å². The quantitative estimate of drug-likeness (QED) is 0.593. The molecular weight excluding hydrogens is 391 g/mol. The lowest BCUT2D eigenvalue weighted by atomic mass is 9.79. The number of piperazine rings is 1. The van der Waals surface area contributed by atoms with Crippen LogP contribution >= 0.6 is 34.8 Å². The molecule has 1 saturated heterocycles. The maximum absolute atomic E-state index is 10.2. The number of aliphatic hydroxyl groups excluding tert-OH is 1. The van der Waals surface area contributed by atoms with Gasteiger partial charge >= 0.3 is 0 Å². The predicted molar refractivity (Wildman–Crippen MR) is 109 cm³/mol. The lowest BCUT2D eigenvalue weighted by Gasteiger charge is -2.53. The van der Waals surface area contributed by atoms with E-state index in [2.05, 4.69) is 16.8 Å². The van der Waals surface area contributed by atoms with Gasteiger partial charge in [-0.05, 0) is 49.4 Å². The van der Waals surface area contributed by atoms with E-state index in [0.29, 0.717) is 10.0 Å². The number of halogens is 3. The normalized spacial score (nSPS) is 20.7. The van der Waals surface area contributed by atoms with Crippen LogP contribution in [0, 0.1) is 0 Å². The van der Waals surface area contributed by atoms with Crippen molar-refractivity contribution in [3.63, 3.8) is 0 Å². The smallest absolute Gasteiger partial charge is 0.112 e. The van der Waals surface area contributed by atoms with E-state index in [1.807, 2.05) is 48.5 Å². The van der Waals surface area contributed by atoms with Crippen LogP contribution in [0.15, 0.2) is 48.5 Å². The third-order valence-electron chi connectivity index (χ3n) is 5.05. The molecule has 1 fully saturated rings. The Morgan fingerprint density at radius 2 is 1.38 bits per heavy atom. The Kier molecular flexibility index (Phi) is 6.18. The number of alkyl halides is 1. The number of nitrogens with zero attached hydrogens (tertiary/aromatic N) is 2. The fraction of sp³-hybridized carbons (Fsp3) is 0.400. The van der Waals surface area contributed by atoms with E-state index in [-0.39, 0.29) is 0 Å². The summed E-state index contributed by atoms with van der Waals surface area (Å²) in [7, 11) is 2.10. The second-order valence-corrected chi connectivity index (χ2v) is 8.24. The molecule has 0 spiro atoms. The highest BCUT2D eigenvalue weighted by Crippen LogP contribution is 2.42. The second kappa shape index (κ2) is 8.05. The third kappa shape index (κ3) is 3.75. The molecule has 1 heterocycles. The average molecular weight is 414 g/mol. The van der Waals surface area contributed by atoms with Gasteiger partial charge in [-0.25, -0.2) is 0 Å². The fourth-order valence-electron chi connectivity index (χ4n) is 3.76. The van der Waals surface area contributed by atoms with Crippen LogP contribution < -0.4 is 0 Å². The van der Waals surface area contributed by atoms with Crippen molar-refractivity contribution in [1.82, 2.24) is 9.80 Å². The van der Waals surface area contributed by atoms with Gasteiger partial charge in [-0.2, -0.15) is 0 Å². The van der Waals surface area contributed by atoms with Crippen molar-refractivity contribution in [2.75, 3.05) is 26.7 Å². The van der Waals surface area contributed by atoms with Crippen molar-refractivity contribution in [2.45, 2.75) is 24.1 Å². The summed E-state index contributed by atoms with van der Waals surface area (Å²) in [6.07, 6.45) is -0.668. The number of rotatable bonds is 4. The van der Waals surface area contributed by atoms with Crippen LogP contribution in [0.3, 0.4) is 0 Å². The minimum absolute atomic E-state index is 0.508. The van der Waals surface area contributed by atoms with Gasteiger partial charge in [-0.1, -0.05) is 47.5 Å². The first-order chi connectivity index (χ1) is 12.3. The molecule has 1 aliphatic heterocycles. The van der Waals surface area contributed by atoms with E-state index in [4.69, 9.17) is 34.8 Å².